The molecule has 1 saturated carbocycles. The number of nitrogens with zero attached hydrogens (tertiary/aromatic N) is 4. The number of rotatable bonds is 5. The van der Waals surface area contributed by atoms with Crippen molar-refractivity contribution in [3.63, 3.8) is 0 Å². The summed E-state index contributed by atoms with van der Waals surface area (Å²) in [5.74, 6) is 0.536. The average molecular weight is 485 g/mol. The minimum absolute atomic E-state index is 0.00247. The van der Waals surface area contributed by atoms with Gasteiger partial charge in [-0.15, -0.1) is 0 Å². The monoisotopic (exact) mass is 484 g/mol. The van der Waals surface area contributed by atoms with E-state index in [0.717, 1.165) is 41.5 Å². The lowest BCUT2D eigenvalue weighted by Gasteiger charge is -2.41. The van der Waals surface area contributed by atoms with Crippen molar-refractivity contribution in [2.75, 3.05) is 24.6 Å². The van der Waals surface area contributed by atoms with Crippen molar-refractivity contribution in [1.82, 2.24) is 9.88 Å². The van der Waals surface area contributed by atoms with E-state index in [0.29, 0.717) is 18.7 Å². The highest BCUT2D eigenvalue weighted by molar-refractivity contribution is 9.10. The molecule has 2 atom stereocenters. The molecule has 3 fully saturated rings. The molecule has 0 N–H and O–H groups in total. The number of ether oxygens (including phenoxy) is 1. The Morgan fingerprint density at radius 3 is 2.61 bits per heavy atom. The lowest BCUT2D eigenvalue weighted by molar-refractivity contribution is -0.140. The highest BCUT2D eigenvalue weighted by Gasteiger charge is 2.48. The van der Waals surface area contributed by atoms with E-state index in [1.165, 1.54) is 12.1 Å². The van der Waals surface area contributed by atoms with Gasteiger partial charge in [-0.1, -0.05) is 15.9 Å². The number of hydrogen-bond acceptors (Lipinski definition) is 5. The first kappa shape index (κ1) is 20.4. The lowest BCUT2D eigenvalue weighted by Crippen LogP contribution is -2.56. The predicted octanol–water partition coefficient (Wildman–Crippen LogP) is 3.74. The van der Waals surface area contributed by atoms with E-state index in [1.54, 1.807) is 18.3 Å². The molecule has 160 valence electrons. The van der Waals surface area contributed by atoms with E-state index < -0.39 is 5.60 Å². The highest BCUT2D eigenvalue weighted by atomic mass is 79.9. The van der Waals surface area contributed by atoms with Crippen LogP contribution < -0.4 is 4.90 Å². The molecule has 6 nitrogen and oxygen atoms in total. The Labute approximate surface area is 188 Å². The Hall–Kier alpha value is -2.50. The van der Waals surface area contributed by atoms with Gasteiger partial charge >= 0.3 is 0 Å². The van der Waals surface area contributed by atoms with Crippen LogP contribution in [0.5, 0.6) is 0 Å². The molecule has 0 spiro atoms. The van der Waals surface area contributed by atoms with Crippen molar-refractivity contribution in [3.05, 3.63) is 57.9 Å². The number of fused-ring (bicyclic) bond motifs is 2. The number of likely N-dealkylation sites (tertiary alicyclic amines) is 1. The number of amides is 1. The smallest absolute Gasteiger partial charge is 0.248 e. The Balaban J connectivity index is 1.23. The molecule has 1 aromatic heterocycles. The first-order valence-electron chi connectivity index (χ1n) is 10.5. The molecule has 31 heavy (non-hydrogen) atoms. The molecule has 1 unspecified atom stereocenters. The molecule has 1 aliphatic carbocycles. The first-order chi connectivity index (χ1) is 15.0. The summed E-state index contributed by atoms with van der Waals surface area (Å²) >= 11 is 3.48. The van der Waals surface area contributed by atoms with Gasteiger partial charge in [0.05, 0.1) is 11.2 Å². The van der Waals surface area contributed by atoms with Crippen LogP contribution in [0.25, 0.3) is 0 Å². The summed E-state index contributed by atoms with van der Waals surface area (Å²) in [7, 11) is 0. The van der Waals surface area contributed by atoms with Gasteiger partial charge < -0.3 is 14.5 Å². The zero-order valence-corrected chi connectivity index (χ0v) is 18.5. The largest absolute Gasteiger partial charge is 0.360 e. The maximum Gasteiger partial charge on any atom is 0.248 e. The van der Waals surface area contributed by atoms with Crippen LogP contribution in [0.1, 0.15) is 36.8 Å². The summed E-state index contributed by atoms with van der Waals surface area (Å²) in [6, 6.07) is 10.8. The molecule has 2 aliphatic heterocycles. The number of hydrogen-bond donors (Lipinski definition) is 0. The molecule has 0 radical (unpaired) electrons. The van der Waals surface area contributed by atoms with Crippen molar-refractivity contribution in [2.24, 2.45) is 0 Å². The lowest BCUT2D eigenvalue weighted by atomic mass is 10.1. The van der Waals surface area contributed by atoms with E-state index >= 15 is 0 Å². The van der Waals surface area contributed by atoms with Crippen molar-refractivity contribution in [3.8, 4) is 6.07 Å². The van der Waals surface area contributed by atoms with E-state index in [2.05, 4.69) is 31.9 Å². The van der Waals surface area contributed by atoms with Gasteiger partial charge in [0, 0.05) is 41.4 Å². The fraction of sp³-hybridized carbons (Fsp3) is 0.435. The zero-order chi connectivity index (χ0) is 21.6. The van der Waals surface area contributed by atoms with Crippen LogP contribution in [0.2, 0.25) is 0 Å². The summed E-state index contributed by atoms with van der Waals surface area (Å²) in [5, 5.41) is 8.98. The Bertz CT molecular complexity index is 1040. The minimum Gasteiger partial charge on any atom is -0.360 e. The van der Waals surface area contributed by atoms with E-state index in [9.17, 15) is 9.18 Å². The molecule has 2 aromatic rings. The quantitative estimate of drug-likeness (QED) is 0.646. The number of nitriles is 1. The molecule has 1 amide bonds. The van der Waals surface area contributed by atoms with Gasteiger partial charge in [0.15, 0.2) is 0 Å². The van der Waals surface area contributed by atoms with Gasteiger partial charge in [-0.05, 0) is 56.0 Å². The van der Waals surface area contributed by atoms with Crippen LogP contribution >= 0.6 is 15.9 Å². The fourth-order valence-electron chi connectivity index (χ4n) is 4.83. The summed E-state index contributed by atoms with van der Waals surface area (Å²) in [6.07, 6.45) is 5.19. The van der Waals surface area contributed by atoms with Crippen LogP contribution in [0.3, 0.4) is 0 Å². The van der Waals surface area contributed by atoms with Crippen LogP contribution in [-0.2, 0) is 15.1 Å². The topological polar surface area (TPSA) is 69.5 Å². The Morgan fingerprint density at radius 2 is 2.00 bits per heavy atom. The van der Waals surface area contributed by atoms with Gasteiger partial charge in [-0.25, -0.2) is 9.37 Å². The standard InChI is InChI=1S/C23H22BrFN4O2/c24-20-5-2-16(25)9-19(20)23(7-8-23)31-14-22(30)28-12-17-3-4-18(13-28)29(17)21-6-1-15(10-26)11-27-21/h1-2,5-6,9,11,17-18H,3-4,7-8,12-14H2/t17-,18?/m0/s1. The van der Waals surface area contributed by atoms with E-state index in [4.69, 9.17) is 10.00 Å². The van der Waals surface area contributed by atoms with Gasteiger partial charge in [0.2, 0.25) is 5.91 Å². The third-order valence-electron chi connectivity index (χ3n) is 6.57. The molecular formula is C23H22BrFN4O2. The molecule has 5 rings (SSSR count). The third kappa shape index (κ3) is 3.81. The molecule has 2 bridgehead atoms. The maximum absolute atomic E-state index is 13.7. The van der Waals surface area contributed by atoms with Gasteiger partial charge in [0.1, 0.15) is 24.3 Å². The summed E-state index contributed by atoms with van der Waals surface area (Å²) in [5.41, 5.74) is 0.752. The second-order valence-electron chi connectivity index (χ2n) is 8.51. The van der Waals surface area contributed by atoms with Crippen molar-refractivity contribution in [2.45, 2.75) is 43.4 Å². The van der Waals surface area contributed by atoms with Crippen molar-refractivity contribution >= 4 is 27.7 Å². The Kier molecular flexibility index (Phi) is 5.19. The number of benzene rings is 1. The predicted molar refractivity (Wildman–Crippen MR) is 116 cm³/mol. The molecule has 3 aliphatic rings. The van der Waals surface area contributed by atoms with E-state index in [1.807, 2.05) is 11.0 Å². The fourth-order valence-corrected chi connectivity index (χ4v) is 5.44. The normalized spacial score (nSPS) is 23.5. The first-order valence-corrected chi connectivity index (χ1v) is 11.3. The second kappa shape index (κ2) is 7.88. The molecule has 1 aromatic carbocycles. The summed E-state index contributed by atoms with van der Waals surface area (Å²) in [6.45, 7) is 1.27. The zero-order valence-electron chi connectivity index (χ0n) is 16.9. The highest BCUT2D eigenvalue weighted by Crippen LogP contribution is 2.51. The van der Waals surface area contributed by atoms with Crippen LogP contribution in [-0.4, -0.2) is 47.6 Å². The van der Waals surface area contributed by atoms with Crippen LogP contribution in [0.4, 0.5) is 10.2 Å². The second-order valence-corrected chi connectivity index (χ2v) is 9.37. The van der Waals surface area contributed by atoms with Gasteiger partial charge in [0.25, 0.3) is 0 Å². The van der Waals surface area contributed by atoms with Crippen LogP contribution in [0.15, 0.2) is 41.0 Å². The van der Waals surface area contributed by atoms with Crippen molar-refractivity contribution in [1.29, 1.82) is 5.26 Å². The molecule has 8 heteroatoms. The Morgan fingerprint density at radius 1 is 1.26 bits per heavy atom. The van der Waals surface area contributed by atoms with Gasteiger partial charge in [-0.2, -0.15) is 5.26 Å². The number of carbonyl (C=O) groups is 1. The van der Waals surface area contributed by atoms with Crippen molar-refractivity contribution < 1.29 is 13.9 Å². The number of halogens is 2. The SMILES string of the molecule is N#Cc1ccc(N2C3CC[C@H]2CN(C(=O)COC2(c4cc(F)ccc4Br)CC2)C3)nc1. The average Bonchev–Trinajstić information content (AvgIpc) is 3.53. The number of carbonyl (C=O) groups excluding carboxylic acids is 1. The van der Waals surface area contributed by atoms with Crippen LogP contribution in [0, 0.1) is 17.1 Å². The number of anilines is 1. The maximum atomic E-state index is 13.7. The number of aromatic nitrogens is 1. The third-order valence-corrected chi connectivity index (χ3v) is 7.26. The molecule has 3 heterocycles. The molecule has 2 saturated heterocycles. The summed E-state index contributed by atoms with van der Waals surface area (Å²) < 4.78 is 20.6. The van der Waals surface area contributed by atoms with Gasteiger partial charge in [-0.3, -0.25) is 4.79 Å². The number of piperazine rings is 1. The minimum atomic E-state index is -0.566. The summed E-state index contributed by atoms with van der Waals surface area (Å²) in [4.78, 5) is 21.6. The number of pyridine rings is 1. The molecular weight excluding hydrogens is 463 g/mol. The van der Waals surface area contributed by atoms with E-state index in [-0.39, 0.29) is 30.4 Å².